The van der Waals surface area contributed by atoms with Gasteiger partial charge in [-0.25, -0.2) is 14.6 Å². The third-order valence-corrected chi connectivity index (χ3v) is 3.92. The molecule has 5 heteroatoms. The molecule has 0 fully saturated rings. The van der Waals surface area contributed by atoms with Gasteiger partial charge in [0.15, 0.2) is 0 Å². The van der Waals surface area contributed by atoms with Gasteiger partial charge in [0, 0.05) is 31.0 Å². The summed E-state index contributed by atoms with van der Waals surface area (Å²) in [4.78, 5) is 11.1. The second-order valence-corrected chi connectivity index (χ2v) is 5.69. The van der Waals surface area contributed by atoms with Crippen LogP contribution in [0, 0.1) is 6.92 Å². The van der Waals surface area contributed by atoms with Crippen LogP contribution in [0.3, 0.4) is 0 Å². The van der Waals surface area contributed by atoms with Crippen molar-refractivity contribution in [2.45, 2.75) is 26.6 Å². The molecule has 3 aromatic rings. The van der Waals surface area contributed by atoms with Gasteiger partial charge < -0.3 is 0 Å². The molecule has 0 saturated heterocycles. The van der Waals surface area contributed by atoms with E-state index in [9.17, 15) is 0 Å². The lowest BCUT2D eigenvalue weighted by Gasteiger charge is -2.14. The summed E-state index contributed by atoms with van der Waals surface area (Å²) in [5, 5.41) is 4.52. The molecule has 4 rings (SSSR count). The average molecular weight is 291 g/mol. The van der Waals surface area contributed by atoms with Crippen LogP contribution in [0.15, 0.2) is 48.9 Å². The Morgan fingerprint density at radius 3 is 2.55 bits per heavy atom. The van der Waals surface area contributed by atoms with Crippen molar-refractivity contribution < 1.29 is 0 Å². The summed E-state index contributed by atoms with van der Waals surface area (Å²) in [7, 11) is 0. The molecule has 22 heavy (non-hydrogen) atoms. The number of hydrogen-bond donors (Lipinski definition) is 0. The van der Waals surface area contributed by atoms with E-state index >= 15 is 0 Å². The summed E-state index contributed by atoms with van der Waals surface area (Å²) in [5.74, 6) is 0.870. The minimum atomic E-state index is 0.768. The van der Waals surface area contributed by atoms with Gasteiger partial charge >= 0.3 is 0 Å². The Hall–Kier alpha value is -2.53. The number of rotatable bonds is 3. The van der Waals surface area contributed by atoms with Crippen molar-refractivity contribution in [3.8, 4) is 5.69 Å². The predicted octanol–water partition coefficient (Wildman–Crippen LogP) is 2.49. The highest BCUT2D eigenvalue weighted by Gasteiger charge is 2.24. The van der Waals surface area contributed by atoms with E-state index in [1.165, 1.54) is 11.3 Å². The van der Waals surface area contributed by atoms with Crippen molar-refractivity contribution in [1.29, 1.82) is 0 Å². The number of aryl methyl sites for hydroxylation is 1. The van der Waals surface area contributed by atoms with Gasteiger partial charge in [0.25, 0.3) is 0 Å². The maximum absolute atomic E-state index is 4.52. The Bertz CT molecular complexity index is 777. The molecule has 1 aromatic carbocycles. The monoisotopic (exact) mass is 291 g/mol. The number of benzene rings is 1. The first-order chi connectivity index (χ1) is 10.8. The van der Waals surface area contributed by atoms with E-state index < -0.39 is 0 Å². The molecule has 0 amide bonds. The highest BCUT2D eigenvalue weighted by atomic mass is 15.3. The zero-order valence-electron chi connectivity index (χ0n) is 12.5. The van der Waals surface area contributed by atoms with Gasteiger partial charge in [-0.2, -0.15) is 5.10 Å². The van der Waals surface area contributed by atoms with Gasteiger partial charge in [-0.3, -0.25) is 4.90 Å². The Labute approximate surface area is 129 Å². The van der Waals surface area contributed by atoms with Crippen LogP contribution in [0.5, 0.6) is 0 Å². The second-order valence-electron chi connectivity index (χ2n) is 5.69. The van der Waals surface area contributed by atoms with Crippen molar-refractivity contribution in [3.63, 3.8) is 0 Å². The number of fused-ring (bicyclic) bond motifs is 1. The van der Waals surface area contributed by atoms with Crippen molar-refractivity contribution in [1.82, 2.24) is 24.6 Å². The molecule has 0 aliphatic carbocycles. The van der Waals surface area contributed by atoms with E-state index in [0.717, 1.165) is 36.7 Å². The van der Waals surface area contributed by atoms with Crippen LogP contribution >= 0.6 is 0 Å². The molecule has 1 aliphatic rings. The highest BCUT2D eigenvalue weighted by molar-refractivity contribution is 5.36. The Morgan fingerprint density at radius 1 is 1.00 bits per heavy atom. The van der Waals surface area contributed by atoms with E-state index in [-0.39, 0.29) is 0 Å². The topological polar surface area (TPSA) is 46.8 Å². The highest BCUT2D eigenvalue weighted by Crippen LogP contribution is 2.25. The average Bonchev–Trinajstić information content (AvgIpc) is 3.10. The Kier molecular flexibility index (Phi) is 3.20. The molecule has 0 atom stereocenters. The summed E-state index contributed by atoms with van der Waals surface area (Å²) in [6.45, 7) is 4.55. The van der Waals surface area contributed by atoms with Crippen molar-refractivity contribution in [3.05, 3.63) is 71.6 Å². The molecular weight excluding hydrogens is 274 g/mol. The first-order valence-electron chi connectivity index (χ1n) is 7.41. The standard InChI is InChI=1S/C17H17N5/c1-13-7-18-17(19-8-13)12-21-10-14-9-20-22(16(14)11-21)15-5-3-2-4-6-15/h2-9H,10-12H2,1H3. The molecule has 3 heterocycles. The minimum Gasteiger partial charge on any atom is -0.286 e. The zero-order valence-corrected chi connectivity index (χ0v) is 12.5. The van der Waals surface area contributed by atoms with Crippen LogP contribution in [0.1, 0.15) is 22.6 Å². The van der Waals surface area contributed by atoms with Gasteiger partial charge in [0.05, 0.1) is 24.1 Å². The maximum atomic E-state index is 4.52. The van der Waals surface area contributed by atoms with E-state index in [2.05, 4.69) is 32.1 Å². The summed E-state index contributed by atoms with van der Waals surface area (Å²) >= 11 is 0. The molecule has 0 bridgehead atoms. The molecule has 0 radical (unpaired) electrons. The molecular formula is C17H17N5. The van der Waals surface area contributed by atoms with E-state index in [1.807, 2.05) is 48.4 Å². The molecule has 0 unspecified atom stereocenters. The van der Waals surface area contributed by atoms with Gasteiger partial charge in [-0.05, 0) is 24.6 Å². The van der Waals surface area contributed by atoms with Crippen molar-refractivity contribution in [2.24, 2.45) is 0 Å². The summed E-state index contributed by atoms with van der Waals surface area (Å²) in [5.41, 5.74) is 4.75. The van der Waals surface area contributed by atoms with E-state index in [0.29, 0.717) is 0 Å². The van der Waals surface area contributed by atoms with Gasteiger partial charge in [0.1, 0.15) is 5.82 Å². The number of para-hydroxylation sites is 1. The summed E-state index contributed by atoms with van der Waals surface area (Å²) in [6.07, 6.45) is 5.72. The SMILES string of the molecule is Cc1cnc(CN2Cc3cnn(-c4ccccc4)c3C2)nc1. The minimum absolute atomic E-state index is 0.768. The zero-order chi connectivity index (χ0) is 14.9. The van der Waals surface area contributed by atoms with Crippen LogP contribution in [0.4, 0.5) is 0 Å². The van der Waals surface area contributed by atoms with E-state index in [4.69, 9.17) is 0 Å². The van der Waals surface area contributed by atoms with Crippen LogP contribution in [-0.4, -0.2) is 24.6 Å². The quantitative estimate of drug-likeness (QED) is 0.744. The van der Waals surface area contributed by atoms with Gasteiger partial charge in [-0.15, -0.1) is 0 Å². The number of hydrogen-bond acceptors (Lipinski definition) is 4. The number of aromatic nitrogens is 4. The van der Waals surface area contributed by atoms with Crippen molar-refractivity contribution >= 4 is 0 Å². The lowest BCUT2D eigenvalue weighted by atomic mass is 10.3. The first kappa shape index (κ1) is 13.2. The summed E-state index contributed by atoms with van der Waals surface area (Å²) < 4.78 is 2.03. The van der Waals surface area contributed by atoms with E-state index in [1.54, 1.807) is 0 Å². The molecule has 5 nitrogen and oxygen atoms in total. The van der Waals surface area contributed by atoms with Crippen LogP contribution in [-0.2, 0) is 19.6 Å². The number of nitrogens with zero attached hydrogens (tertiary/aromatic N) is 5. The molecule has 0 saturated carbocycles. The fraction of sp³-hybridized carbons (Fsp3) is 0.235. The fourth-order valence-electron chi connectivity index (χ4n) is 2.82. The van der Waals surface area contributed by atoms with Gasteiger partial charge in [0.2, 0.25) is 0 Å². The largest absolute Gasteiger partial charge is 0.286 e. The van der Waals surface area contributed by atoms with Crippen LogP contribution in [0.2, 0.25) is 0 Å². The van der Waals surface area contributed by atoms with Gasteiger partial charge in [-0.1, -0.05) is 18.2 Å². The van der Waals surface area contributed by atoms with Crippen molar-refractivity contribution in [2.75, 3.05) is 0 Å². The molecule has 0 N–H and O–H groups in total. The molecule has 110 valence electrons. The second kappa shape index (κ2) is 5.35. The normalized spacial score (nSPS) is 14.2. The fourth-order valence-corrected chi connectivity index (χ4v) is 2.82. The Morgan fingerprint density at radius 2 is 1.77 bits per heavy atom. The smallest absolute Gasteiger partial charge is 0.142 e. The van der Waals surface area contributed by atoms with Crippen LogP contribution < -0.4 is 0 Å². The lowest BCUT2D eigenvalue weighted by molar-refractivity contribution is 0.263. The van der Waals surface area contributed by atoms with Crippen LogP contribution in [0.25, 0.3) is 5.69 Å². The molecule has 1 aliphatic heterocycles. The lowest BCUT2D eigenvalue weighted by Crippen LogP contribution is -2.19. The Balaban J connectivity index is 1.54. The molecule has 2 aromatic heterocycles. The third kappa shape index (κ3) is 2.40. The maximum Gasteiger partial charge on any atom is 0.142 e. The third-order valence-electron chi connectivity index (χ3n) is 3.92. The summed E-state index contributed by atoms with van der Waals surface area (Å²) in [6, 6.07) is 10.3. The predicted molar refractivity (Wildman–Crippen MR) is 83.3 cm³/mol. The molecule has 0 spiro atoms. The first-order valence-corrected chi connectivity index (χ1v) is 7.41.